The van der Waals surface area contributed by atoms with Crippen molar-refractivity contribution < 1.29 is 28.6 Å². The molecule has 0 spiro atoms. The monoisotopic (exact) mass is 963 g/mol. The molecule has 0 aromatic heterocycles. The van der Waals surface area contributed by atoms with Crippen molar-refractivity contribution in [2.24, 2.45) is 0 Å². The average Bonchev–Trinajstić information content (AvgIpc) is 3.36. The van der Waals surface area contributed by atoms with Crippen LogP contribution in [0.3, 0.4) is 0 Å². The number of hydrogen-bond donors (Lipinski definition) is 0. The average molecular weight is 963 g/mol. The fourth-order valence-electron chi connectivity index (χ4n) is 6.85. The zero-order valence-corrected chi connectivity index (χ0v) is 44.5. The van der Waals surface area contributed by atoms with E-state index in [1.807, 2.05) is 72.9 Å². The molecule has 0 saturated heterocycles. The Kier molecular flexibility index (Phi) is 52.6. The number of esters is 3. The van der Waals surface area contributed by atoms with Crippen molar-refractivity contribution >= 4 is 17.9 Å². The first kappa shape index (κ1) is 65.0. The van der Waals surface area contributed by atoms with Crippen LogP contribution in [0.1, 0.15) is 207 Å². The molecule has 390 valence electrons. The van der Waals surface area contributed by atoms with Crippen LogP contribution in [0.5, 0.6) is 0 Å². The van der Waals surface area contributed by atoms with Crippen LogP contribution in [-0.4, -0.2) is 37.2 Å². The summed E-state index contributed by atoms with van der Waals surface area (Å²) in [5.41, 5.74) is 0. The SMILES string of the molecule is CC\C=C/C=C\C=C/C=C\C=C\C=C/CCCCCC(=O)OC(COC(=O)CC/C=C\C/C=C\C/C=C\C/C=C\C/C=C\C/C=C\CC)COC(=O)CCCCCCC/C=C\CCCCCCCCC. The van der Waals surface area contributed by atoms with Crippen molar-refractivity contribution in [3.05, 3.63) is 158 Å². The largest absolute Gasteiger partial charge is 0.462 e. The van der Waals surface area contributed by atoms with Gasteiger partial charge in [0.1, 0.15) is 13.2 Å². The zero-order chi connectivity index (χ0) is 50.7. The topological polar surface area (TPSA) is 78.9 Å². The van der Waals surface area contributed by atoms with Gasteiger partial charge in [0, 0.05) is 19.3 Å². The second kappa shape index (κ2) is 56.6. The first-order valence-electron chi connectivity index (χ1n) is 27.6. The third kappa shape index (κ3) is 54.0. The molecule has 0 saturated carbocycles. The molecule has 0 aliphatic heterocycles. The van der Waals surface area contributed by atoms with Crippen LogP contribution >= 0.6 is 0 Å². The van der Waals surface area contributed by atoms with E-state index in [-0.39, 0.29) is 44.0 Å². The minimum absolute atomic E-state index is 0.131. The lowest BCUT2D eigenvalue weighted by atomic mass is 10.1. The Morgan fingerprint density at radius 3 is 1.14 bits per heavy atom. The highest BCUT2D eigenvalue weighted by Crippen LogP contribution is 2.12. The number of hydrogen-bond acceptors (Lipinski definition) is 6. The summed E-state index contributed by atoms with van der Waals surface area (Å²) in [5.74, 6) is -1.08. The van der Waals surface area contributed by atoms with E-state index in [4.69, 9.17) is 14.2 Å². The predicted molar refractivity (Wildman–Crippen MR) is 302 cm³/mol. The molecule has 0 aromatic rings. The van der Waals surface area contributed by atoms with Gasteiger partial charge in [-0.05, 0) is 103 Å². The van der Waals surface area contributed by atoms with Crippen molar-refractivity contribution in [3.8, 4) is 0 Å². The number of allylic oxidation sites excluding steroid dienone is 26. The summed E-state index contributed by atoms with van der Waals surface area (Å²) < 4.78 is 16.7. The Labute approximate surface area is 429 Å². The first-order chi connectivity index (χ1) is 34.5. The maximum Gasteiger partial charge on any atom is 0.306 e. The fraction of sp³-hybridized carbons (Fsp3) is 0.547. The van der Waals surface area contributed by atoms with Gasteiger partial charge >= 0.3 is 17.9 Å². The Morgan fingerprint density at radius 2 is 0.657 bits per heavy atom. The highest BCUT2D eigenvalue weighted by Gasteiger charge is 2.19. The van der Waals surface area contributed by atoms with Gasteiger partial charge in [0.2, 0.25) is 0 Å². The maximum atomic E-state index is 12.8. The van der Waals surface area contributed by atoms with Crippen LogP contribution in [0, 0.1) is 0 Å². The summed E-state index contributed by atoms with van der Waals surface area (Å²) in [5, 5.41) is 0. The molecule has 0 rings (SSSR count). The van der Waals surface area contributed by atoms with Crippen LogP contribution in [0.4, 0.5) is 0 Å². The maximum absolute atomic E-state index is 12.8. The molecule has 1 atom stereocenters. The molecule has 1 unspecified atom stereocenters. The van der Waals surface area contributed by atoms with E-state index in [0.717, 1.165) is 96.3 Å². The molecule has 70 heavy (non-hydrogen) atoms. The van der Waals surface area contributed by atoms with Crippen LogP contribution in [-0.2, 0) is 28.6 Å². The summed E-state index contributed by atoms with van der Waals surface area (Å²) in [6.07, 6.45) is 82.4. The molecule has 0 radical (unpaired) electrons. The van der Waals surface area contributed by atoms with Gasteiger partial charge in [-0.25, -0.2) is 0 Å². The molecule has 0 fully saturated rings. The molecule has 6 nitrogen and oxygen atoms in total. The Hall–Kier alpha value is -4.97. The molecular formula is C64H98O6. The molecule has 0 N–H and O–H groups in total. The van der Waals surface area contributed by atoms with Gasteiger partial charge in [-0.1, -0.05) is 243 Å². The summed E-state index contributed by atoms with van der Waals surface area (Å²) in [4.78, 5) is 38.1. The predicted octanol–water partition coefficient (Wildman–Crippen LogP) is 18.6. The first-order valence-corrected chi connectivity index (χ1v) is 27.6. The minimum Gasteiger partial charge on any atom is -0.462 e. The van der Waals surface area contributed by atoms with E-state index >= 15 is 0 Å². The molecular weight excluding hydrogens is 865 g/mol. The third-order valence-electron chi connectivity index (χ3n) is 10.9. The van der Waals surface area contributed by atoms with E-state index in [9.17, 15) is 14.4 Å². The van der Waals surface area contributed by atoms with Crippen molar-refractivity contribution in [3.63, 3.8) is 0 Å². The standard InChI is InChI=1S/C64H98O6/c1-4-7-10-13-16-19-22-25-28-31-32-34-36-39-42-45-48-51-54-57-63(66)69-60-61(59-68-62(65)56-53-50-47-44-41-38-35-30-27-24-21-18-15-12-9-6-3)70-64(67)58-55-52-49-46-43-40-37-33-29-26-23-20-17-14-11-8-5-2/h7-8,10-11,14,16-17,19-20,23,25-26,28-30,32-35,37,39-40,42-43,48,51,61H,4-6,9,12-13,15,18,21-22,24,27,31,36,38,41,44-47,49-50,52-60H2,1-3H3/b10-7-,11-8-,17-14-,19-16-,23-20-,28-25-,29-26-,34-32-,35-30-,37-33+,42-39-,43-40-,51-48-. The third-order valence-corrected chi connectivity index (χ3v) is 10.9. The highest BCUT2D eigenvalue weighted by atomic mass is 16.6. The van der Waals surface area contributed by atoms with Gasteiger partial charge in [-0.15, -0.1) is 0 Å². The van der Waals surface area contributed by atoms with Crippen LogP contribution in [0.2, 0.25) is 0 Å². The number of rotatable bonds is 47. The van der Waals surface area contributed by atoms with E-state index in [1.54, 1.807) is 0 Å². The number of unbranched alkanes of at least 4 members (excludes halogenated alkanes) is 15. The second-order valence-corrected chi connectivity index (χ2v) is 17.5. The number of carbonyl (C=O) groups excluding carboxylic acids is 3. The lowest BCUT2D eigenvalue weighted by Crippen LogP contribution is -2.30. The normalized spacial score (nSPS) is 13.4. The molecule has 0 aliphatic rings. The van der Waals surface area contributed by atoms with Gasteiger partial charge in [-0.2, -0.15) is 0 Å². The Balaban J connectivity index is 4.64. The van der Waals surface area contributed by atoms with Gasteiger partial charge in [0.05, 0.1) is 0 Å². The summed E-state index contributed by atoms with van der Waals surface area (Å²) in [6, 6.07) is 0. The van der Waals surface area contributed by atoms with Crippen molar-refractivity contribution in [2.75, 3.05) is 13.2 Å². The summed E-state index contributed by atoms with van der Waals surface area (Å²) in [7, 11) is 0. The molecule has 6 heteroatoms. The van der Waals surface area contributed by atoms with Crippen molar-refractivity contribution in [1.29, 1.82) is 0 Å². The van der Waals surface area contributed by atoms with Gasteiger partial charge in [0.15, 0.2) is 6.10 Å². The lowest BCUT2D eigenvalue weighted by molar-refractivity contribution is -0.166. The molecule has 0 heterocycles. The highest BCUT2D eigenvalue weighted by molar-refractivity contribution is 5.71. The number of ether oxygens (including phenoxy) is 3. The lowest BCUT2D eigenvalue weighted by Gasteiger charge is -2.18. The Bertz CT molecular complexity index is 1620. The summed E-state index contributed by atoms with van der Waals surface area (Å²) >= 11 is 0. The molecule has 0 amide bonds. The van der Waals surface area contributed by atoms with Gasteiger partial charge in [-0.3, -0.25) is 14.4 Å². The second-order valence-electron chi connectivity index (χ2n) is 17.5. The van der Waals surface area contributed by atoms with Gasteiger partial charge < -0.3 is 14.2 Å². The quantitative estimate of drug-likeness (QED) is 0.0199. The summed E-state index contributed by atoms with van der Waals surface area (Å²) in [6.45, 7) is 6.25. The molecule has 0 aliphatic carbocycles. The van der Waals surface area contributed by atoms with E-state index in [1.165, 1.54) is 57.8 Å². The van der Waals surface area contributed by atoms with Crippen LogP contribution in [0.15, 0.2) is 158 Å². The van der Waals surface area contributed by atoms with E-state index < -0.39 is 6.10 Å². The Morgan fingerprint density at radius 1 is 0.314 bits per heavy atom. The smallest absolute Gasteiger partial charge is 0.306 e. The van der Waals surface area contributed by atoms with Crippen molar-refractivity contribution in [1.82, 2.24) is 0 Å². The van der Waals surface area contributed by atoms with Crippen molar-refractivity contribution in [2.45, 2.75) is 213 Å². The fourth-order valence-corrected chi connectivity index (χ4v) is 6.85. The molecule has 0 aromatic carbocycles. The van der Waals surface area contributed by atoms with Crippen LogP contribution in [0.25, 0.3) is 0 Å². The minimum atomic E-state index is -0.844. The van der Waals surface area contributed by atoms with Crippen LogP contribution < -0.4 is 0 Å². The number of carbonyl (C=O) groups is 3. The van der Waals surface area contributed by atoms with E-state index in [2.05, 4.69) is 106 Å². The molecule has 0 bridgehead atoms. The van der Waals surface area contributed by atoms with Gasteiger partial charge in [0.25, 0.3) is 0 Å². The van der Waals surface area contributed by atoms with E-state index in [0.29, 0.717) is 19.3 Å². The zero-order valence-electron chi connectivity index (χ0n) is 44.5.